The van der Waals surface area contributed by atoms with E-state index in [4.69, 9.17) is 10.00 Å². The Bertz CT molecular complexity index is 184. The Labute approximate surface area is 87.4 Å². The summed E-state index contributed by atoms with van der Waals surface area (Å²) in [5.41, 5.74) is -0.214. The van der Waals surface area contributed by atoms with Crippen LogP contribution in [0.5, 0.6) is 0 Å². The third kappa shape index (κ3) is 6.88. The fourth-order valence-electron chi connectivity index (χ4n) is 1.08. The molecule has 0 heterocycles. The van der Waals surface area contributed by atoms with Crippen molar-refractivity contribution >= 4 is 0 Å². The molecule has 0 aromatic rings. The van der Waals surface area contributed by atoms with Crippen molar-refractivity contribution in [2.24, 2.45) is 5.41 Å². The summed E-state index contributed by atoms with van der Waals surface area (Å²) in [6.45, 7) is 7.75. The molecule has 0 aromatic carbocycles. The Kier molecular flexibility index (Phi) is 6.52. The van der Waals surface area contributed by atoms with Crippen LogP contribution in [0.15, 0.2) is 0 Å². The van der Waals surface area contributed by atoms with Crippen LogP contribution in [0, 0.1) is 16.7 Å². The van der Waals surface area contributed by atoms with E-state index in [1.54, 1.807) is 7.11 Å². The smallest absolute Gasteiger partial charge is 0.0684 e. The summed E-state index contributed by atoms with van der Waals surface area (Å²) in [7, 11) is 1.71. The summed E-state index contributed by atoms with van der Waals surface area (Å²) in [6, 6.07) is 2.76. The molecule has 3 heteroatoms. The first-order valence-electron chi connectivity index (χ1n) is 5.15. The summed E-state index contributed by atoms with van der Waals surface area (Å²) >= 11 is 0. The second-order valence-corrected chi connectivity index (χ2v) is 4.38. The normalized spacial score (nSPS) is 13.6. The summed E-state index contributed by atoms with van der Waals surface area (Å²) in [4.78, 5) is 0. The van der Waals surface area contributed by atoms with Crippen LogP contribution in [-0.2, 0) is 4.74 Å². The Balaban J connectivity index is 3.50. The van der Waals surface area contributed by atoms with Gasteiger partial charge >= 0.3 is 0 Å². The van der Waals surface area contributed by atoms with Gasteiger partial charge in [0.25, 0.3) is 0 Å². The third-order valence-corrected chi connectivity index (χ3v) is 2.30. The van der Waals surface area contributed by atoms with Crippen LogP contribution in [-0.4, -0.2) is 26.3 Å². The summed E-state index contributed by atoms with van der Waals surface area (Å²) in [5, 5.41) is 12.2. The van der Waals surface area contributed by atoms with Crippen molar-refractivity contribution in [2.75, 3.05) is 20.3 Å². The topological polar surface area (TPSA) is 45.0 Å². The molecule has 1 atom stereocenters. The number of nitrogens with one attached hydrogen (secondary N) is 1. The van der Waals surface area contributed by atoms with Gasteiger partial charge in [-0.25, -0.2) is 0 Å². The van der Waals surface area contributed by atoms with Crippen molar-refractivity contribution in [1.82, 2.24) is 5.32 Å². The quantitative estimate of drug-likeness (QED) is 0.680. The maximum Gasteiger partial charge on any atom is 0.0684 e. The zero-order chi connectivity index (χ0) is 11.0. The highest BCUT2D eigenvalue weighted by Crippen LogP contribution is 2.17. The second kappa shape index (κ2) is 6.80. The number of nitriles is 1. The average Bonchev–Trinajstić information content (AvgIpc) is 2.14. The standard InChI is InChI=1S/C11H22N2O/c1-10(5-8-14-4)13-7-6-11(2,3)9-12/h10,13H,5-8H2,1-4H3. The molecule has 14 heavy (non-hydrogen) atoms. The second-order valence-electron chi connectivity index (χ2n) is 4.38. The molecule has 3 nitrogen and oxygen atoms in total. The molecule has 0 bridgehead atoms. The van der Waals surface area contributed by atoms with E-state index in [0.29, 0.717) is 6.04 Å². The molecule has 0 fully saturated rings. The van der Waals surface area contributed by atoms with Crippen LogP contribution >= 0.6 is 0 Å². The lowest BCUT2D eigenvalue weighted by atomic mass is 9.91. The van der Waals surface area contributed by atoms with Crippen LogP contribution in [0.1, 0.15) is 33.6 Å². The SMILES string of the molecule is COCCC(C)NCCC(C)(C)C#N. The van der Waals surface area contributed by atoms with Gasteiger partial charge in [0.1, 0.15) is 0 Å². The van der Waals surface area contributed by atoms with Crippen LogP contribution in [0.25, 0.3) is 0 Å². The van der Waals surface area contributed by atoms with Gasteiger partial charge in [-0.1, -0.05) is 0 Å². The van der Waals surface area contributed by atoms with E-state index in [-0.39, 0.29) is 5.41 Å². The molecule has 1 unspecified atom stereocenters. The first-order valence-corrected chi connectivity index (χ1v) is 5.15. The molecular weight excluding hydrogens is 176 g/mol. The van der Waals surface area contributed by atoms with Crippen LogP contribution in [0.3, 0.4) is 0 Å². The maximum absolute atomic E-state index is 8.80. The van der Waals surface area contributed by atoms with Gasteiger partial charge < -0.3 is 10.1 Å². The maximum atomic E-state index is 8.80. The molecule has 0 saturated heterocycles. The lowest BCUT2D eigenvalue weighted by molar-refractivity contribution is 0.184. The van der Waals surface area contributed by atoms with Crippen molar-refractivity contribution in [3.05, 3.63) is 0 Å². The van der Waals surface area contributed by atoms with Crippen LogP contribution in [0.4, 0.5) is 0 Å². The highest BCUT2D eigenvalue weighted by Gasteiger charge is 2.15. The number of rotatable bonds is 7. The number of hydrogen-bond acceptors (Lipinski definition) is 3. The largest absolute Gasteiger partial charge is 0.385 e. The molecule has 82 valence electrons. The van der Waals surface area contributed by atoms with E-state index >= 15 is 0 Å². The average molecular weight is 198 g/mol. The Morgan fingerprint density at radius 1 is 1.50 bits per heavy atom. The molecule has 0 amide bonds. The van der Waals surface area contributed by atoms with Crippen LogP contribution < -0.4 is 5.32 Å². The molecule has 0 aliphatic carbocycles. The van der Waals surface area contributed by atoms with E-state index in [2.05, 4.69) is 18.3 Å². The van der Waals surface area contributed by atoms with Crippen molar-refractivity contribution in [2.45, 2.75) is 39.7 Å². The molecule has 0 rings (SSSR count). The van der Waals surface area contributed by atoms with E-state index in [1.165, 1.54) is 0 Å². The van der Waals surface area contributed by atoms with E-state index in [1.807, 2.05) is 13.8 Å². The summed E-state index contributed by atoms with van der Waals surface area (Å²) in [6.07, 6.45) is 1.91. The molecule has 0 radical (unpaired) electrons. The van der Waals surface area contributed by atoms with Crippen molar-refractivity contribution < 1.29 is 4.74 Å². The van der Waals surface area contributed by atoms with Gasteiger partial charge in [0.2, 0.25) is 0 Å². The number of methoxy groups -OCH3 is 1. The van der Waals surface area contributed by atoms with Gasteiger partial charge in [0, 0.05) is 19.8 Å². The zero-order valence-corrected chi connectivity index (χ0v) is 9.76. The predicted molar refractivity (Wildman–Crippen MR) is 58.0 cm³/mol. The molecule has 0 aliphatic heterocycles. The first kappa shape index (κ1) is 13.4. The van der Waals surface area contributed by atoms with Crippen molar-refractivity contribution in [3.63, 3.8) is 0 Å². The molecule has 0 aromatic heterocycles. The number of ether oxygens (including phenoxy) is 1. The Morgan fingerprint density at radius 2 is 2.14 bits per heavy atom. The van der Waals surface area contributed by atoms with E-state index < -0.39 is 0 Å². The Morgan fingerprint density at radius 3 is 2.64 bits per heavy atom. The van der Waals surface area contributed by atoms with E-state index in [0.717, 1.165) is 26.0 Å². The summed E-state index contributed by atoms with van der Waals surface area (Å²) in [5.74, 6) is 0. The van der Waals surface area contributed by atoms with Crippen molar-refractivity contribution in [3.8, 4) is 6.07 Å². The fraction of sp³-hybridized carbons (Fsp3) is 0.909. The predicted octanol–water partition coefficient (Wildman–Crippen LogP) is 1.94. The highest BCUT2D eigenvalue weighted by molar-refractivity contribution is 4.91. The van der Waals surface area contributed by atoms with Gasteiger partial charge in [-0.05, 0) is 40.2 Å². The van der Waals surface area contributed by atoms with Crippen molar-refractivity contribution in [1.29, 1.82) is 5.26 Å². The first-order chi connectivity index (χ1) is 6.52. The number of nitrogens with zero attached hydrogens (tertiary/aromatic N) is 1. The molecule has 0 spiro atoms. The van der Waals surface area contributed by atoms with Gasteiger partial charge in [0.15, 0.2) is 0 Å². The van der Waals surface area contributed by atoms with Gasteiger partial charge in [0.05, 0.1) is 11.5 Å². The lowest BCUT2D eigenvalue weighted by Crippen LogP contribution is -2.30. The minimum atomic E-state index is -0.214. The molecule has 0 saturated carbocycles. The molecule has 0 aliphatic rings. The van der Waals surface area contributed by atoms with Crippen LogP contribution in [0.2, 0.25) is 0 Å². The fourth-order valence-corrected chi connectivity index (χ4v) is 1.08. The summed E-state index contributed by atoms with van der Waals surface area (Å²) < 4.78 is 4.99. The van der Waals surface area contributed by atoms with E-state index in [9.17, 15) is 0 Å². The molecular formula is C11H22N2O. The lowest BCUT2D eigenvalue weighted by Gasteiger charge is -2.18. The third-order valence-electron chi connectivity index (χ3n) is 2.30. The van der Waals surface area contributed by atoms with Gasteiger partial charge in [-0.15, -0.1) is 0 Å². The Hall–Kier alpha value is -0.590. The minimum absolute atomic E-state index is 0.214. The molecule has 1 N–H and O–H groups in total. The van der Waals surface area contributed by atoms with Gasteiger partial charge in [-0.3, -0.25) is 0 Å². The monoisotopic (exact) mass is 198 g/mol. The highest BCUT2D eigenvalue weighted by atomic mass is 16.5. The zero-order valence-electron chi connectivity index (χ0n) is 9.76. The number of hydrogen-bond donors (Lipinski definition) is 1. The van der Waals surface area contributed by atoms with Gasteiger partial charge in [-0.2, -0.15) is 5.26 Å². The minimum Gasteiger partial charge on any atom is -0.385 e.